The molecule has 4 heterocycles. The van der Waals surface area contributed by atoms with E-state index in [-0.39, 0.29) is 20.1 Å². The molecule has 0 atom stereocenters. The summed E-state index contributed by atoms with van der Waals surface area (Å²) >= 11 is 1.48. The standard InChI is InChI=1S/C36H21FN3S.C14H16NSi.Ir/c37-34-29(25-12-5-2-6-13-25)22-30-27-14-9-15-28(33(27)41-36(30)39-34)35-38-31-16-7-8-17-32(31)40(35)26-20-18-24(19-21-26)23-10-3-1-4-11-23;1-16(2,3)13-9-10-14(15-11-13)12-7-5-4-6-8-12;/h1-14,16-22H;4-7,9-11H,1-3H3;/q2*-1;. The summed E-state index contributed by atoms with van der Waals surface area (Å²) in [6.07, 6.45) is 2.02. The number of thiophene rings is 1. The van der Waals surface area contributed by atoms with Crippen LogP contribution in [0.3, 0.4) is 0 Å². The predicted molar refractivity (Wildman–Crippen MR) is 238 cm³/mol. The SMILES string of the molecule is C[Si](C)(C)c1ccc(-c2[c-]cccc2)nc1.Fc1nc2sc3c(-c4nc5ccccc5n4-c4ccc(-c5ccccc5)cc4)[c-]ccc3c2cc1-c1ccccc1.[Ir]. The Bertz CT molecular complexity index is 2980. The molecule has 10 rings (SSSR count). The van der Waals surface area contributed by atoms with Gasteiger partial charge >= 0.3 is 0 Å². The molecule has 0 fully saturated rings. The molecule has 0 saturated heterocycles. The molecule has 0 amide bonds. The molecule has 8 heteroatoms. The first-order chi connectivity index (χ1) is 27.8. The van der Waals surface area contributed by atoms with E-state index in [1.165, 1.54) is 22.1 Å². The van der Waals surface area contributed by atoms with E-state index >= 15 is 4.39 Å². The van der Waals surface area contributed by atoms with Crippen LogP contribution in [0.4, 0.5) is 4.39 Å². The smallest absolute Gasteiger partial charge is 0.222 e. The van der Waals surface area contributed by atoms with Crippen LogP contribution in [0.5, 0.6) is 0 Å². The number of rotatable bonds is 6. The zero-order valence-corrected chi connectivity index (χ0v) is 36.3. The molecule has 285 valence electrons. The van der Waals surface area contributed by atoms with Crippen LogP contribution in [-0.4, -0.2) is 27.6 Å². The Labute approximate surface area is 356 Å². The average Bonchev–Trinajstić information content (AvgIpc) is 3.82. The Hall–Kier alpha value is -5.89. The summed E-state index contributed by atoms with van der Waals surface area (Å²) in [6, 6.07) is 61.4. The van der Waals surface area contributed by atoms with Crippen molar-refractivity contribution in [1.29, 1.82) is 0 Å². The topological polar surface area (TPSA) is 43.6 Å². The van der Waals surface area contributed by atoms with Crippen LogP contribution in [0.2, 0.25) is 19.6 Å². The molecular weight excluding hydrogens is 928 g/mol. The Morgan fingerprint density at radius 1 is 0.638 bits per heavy atom. The Kier molecular flexibility index (Phi) is 11.1. The summed E-state index contributed by atoms with van der Waals surface area (Å²) in [5, 5.41) is 3.34. The quantitative estimate of drug-likeness (QED) is 0.0947. The van der Waals surface area contributed by atoms with Crippen LogP contribution in [0, 0.1) is 18.1 Å². The summed E-state index contributed by atoms with van der Waals surface area (Å²) < 4.78 is 18.4. The number of benzene rings is 6. The van der Waals surface area contributed by atoms with Crippen LogP contribution in [0.15, 0.2) is 170 Å². The number of aromatic nitrogens is 4. The van der Waals surface area contributed by atoms with Gasteiger partial charge in [0.05, 0.1) is 24.9 Å². The van der Waals surface area contributed by atoms with Crippen molar-refractivity contribution in [3.8, 4) is 50.6 Å². The van der Waals surface area contributed by atoms with Gasteiger partial charge < -0.3 is 9.55 Å². The Balaban J connectivity index is 0.000000233. The molecule has 0 unspecified atom stereocenters. The predicted octanol–water partition coefficient (Wildman–Crippen LogP) is 12.8. The third kappa shape index (κ3) is 7.72. The number of imidazole rings is 1. The number of pyridine rings is 2. The normalized spacial score (nSPS) is 11.3. The molecular formula is C50H37FIrN4SSi-2. The molecule has 0 aliphatic rings. The van der Waals surface area contributed by atoms with Crippen molar-refractivity contribution in [2.24, 2.45) is 0 Å². The maximum atomic E-state index is 15.2. The van der Waals surface area contributed by atoms with Gasteiger partial charge in [0, 0.05) is 42.9 Å². The molecule has 10 aromatic rings. The molecule has 0 aliphatic heterocycles. The third-order valence-electron chi connectivity index (χ3n) is 10.1. The zero-order valence-electron chi connectivity index (χ0n) is 32.1. The first-order valence-corrected chi connectivity index (χ1v) is 23.2. The minimum Gasteiger partial charge on any atom is -0.333 e. The summed E-state index contributed by atoms with van der Waals surface area (Å²) in [5.74, 6) is 0.325. The molecule has 0 bridgehead atoms. The van der Waals surface area contributed by atoms with Crippen molar-refractivity contribution in [2.45, 2.75) is 19.6 Å². The molecule has 0 spiro atoms. The molecule has 1 radical (unpaired) electrons. The van der Waals surface area contributed by atoms with Crippen molar-refractivity contribution >= 4 is 55.9 Å². The summed E-state index contributed by atoms with van der Waals surface area (Å²) in [7, 11) is -1.23. The fourth-order valence-corrected chi connectivity index (χ4v) is 9.24. The number of halogens is 1. The first kappa shape index (κ1) is 39.0. The van der Waals surface area contributed by atoms with Gasteiger partial charge in [-0.25, -0.2) is 4.98 Å². The molecule has 0 saturated carbocycles. The van der Waals surface area contributed by atoms with Crippen LogP contribution in [0.1, 0.15) is 0 Å². The monoisotopic (exact) mass is 965 g/mol. The number of hydrogen-bond donors (Lipinski definition) is 0. The van der Waals surface area contributed by atoms with Crippen molar-refractivity contribution in [3.05, 3.63) is 188 Å². The third-order valence-corrected chi connectivity index (χ3v) is 13.3. The maximum absolute atomic E-state index is 15.2. The fraction of sp³-hybridized carbons (Fsp3) is 0.0600. The number of hydrogen-bond acceptors (Lipinski definition) is 4. The van der Waals surface area contributed by atoms with Gasteiger partial charge in [0.2, 0.25) is 5.95 Å². The van der Waals surface area contributed by atoms with E-state index in [2.05, 4.69) is 113 Å². The zero-order chi connectivity index (χ0) is 38.9. The molecule has 6 aromatic carbocycles. The summed E-state index contributed by atoms with van der Waals surface area (Å²) in [5.41, 5.74) is 9.49. The summed E-state index contributed by atoms with van der Waals surface area (Å²) in [6.45, 7) is 7.00. The van der Waals surface area contributed by atoms with Gasteiger partial charge in [-0.1, -0.05) is 128 Å². The molecule has 0 aliphatic carbocycles. The van der Waals surface area contributed by atoms with E-state index in [1.54, 1.807) is 0 Å². The maximum Gasteiger partial charge on any atom is 0.222 e. The van der Waals surface area contributed by atoms with Crippen LogP contribution in [0.25, 0.3) is 81.9 Å². The largest absolute Gasteiger partial charge is 0.333 e. The van der Waals surface area contributed by atoms with Gasteiger partial charge in [-0.05, 0) is 62.6 Å². The number of fused-ring (bicyclic) bond motifs is 4. The van der Waals surface area contributed by atoms with Crippen molar-refractivity contribution in [3.63, 3.8) is 0 Å². The first-order valence-electron chi connectivity index (χ1n) is 18.9. The fourth-order valence-electron chi connectivity index (χ4n) is 7.07. The average molecular weight is 965 g/mol. The minimum atomic E-state index is -1.23. The van der Waals surface area contributed by atoms with E-state index in [0.29, 0.717) is 10.4 Å². The van der Waals surface area contributed by atoms with E-state index in [4.69, 9.17) is 4.98 Å². The van der Waals surface area contributed by atoms with Crippen molar-refractivity contribution in [1.82, 2.24) is 19.5 Å². The number of nitrogens with zero attached hydrogens (tertiary/aromatic N) is 4. The number of para-hydroxylation sites is 2. The van der Waals surface area contributed by atoms with E-state index in [1.807, 2.05) is 103 Å². The minimum absolute atomic E-state index is 0. The van der Waals surface area contributed by atoms with Crippen LogP contribution < -0.4 is 5.19 Å². The van der Waals surface area contributed by atoms with Gasteiger partial charge in [-0.2, -0.15) is 15.7 Å². The van der Waals surface area contributed by atoms with Gasteiger partial charge in [-0.3, -0.25) is 4.98 Å². The van der Waals surface area contributed by atoms with Gasteiger partial charge in [0.25, 0.3) is 0 Å². The Morgan fingerprint density at radius 2 is 1.33 bits per heavy atom. The van der Waals surface area contributed by atoms with E-state index in [9.17, 15) is 0 Å². The van der Waals surface area contributed by atoms with Gasteiger partial charge in [0.1, 0.15) is 4.83 Å². The van der Waals surface area contributed by atoms with E-state index < -0.39 is 14.0 Å². The Morgan fingerprint density at radius 3 is 2.02 bits per heavy atom. The second-order valence-corrected chi connectivity index (χ2v) is 21.0. The van der Waals surface area contributed by atoms with Crippen LogP contribution in [-0.2, 0) is 20.1 Å². The van der Waals surface area contributed by atoms with E-state index in [0.717, 1.165) is 66.0 Å². The second kappa shape index (κ2) is 16.5. The summed E-state index contributed by atoms with van der Waals surface area (Å²) in [4.78, 5) is 14.7. The van der Waals surface area contributed by atoms with Gasteiger partial charge in [0.15, 0.2) is 0 Å². The van der Waals surface area contributed by atoms with Crippen LogP contribution >= 0.6 is 11.3 Å². The molecule has 4 aromatic heterocycles. The molecule has 0 N–H and O–H groups in total. The second-order valence-electron chi connectivity index (χ2n) is 14.9. The van der Waals surface area contributed by atoms with Gasteiger partial charge in [-0.15, -0.1) is 54.1 Å². The van der Waals surface area contributed by atoms with Crippen molar-refractivity contribution in [2.75, 3.05) is 0 Å². The van der Waals surface area contributed by atoms with Crippen molar-refractivity contribution < 1.29 is 24.5 Å². The molecule has 58 heavy (non-hydrogen) atoms. The molecule has 4 nitrogen and oxygen atoms in total.